The normalized spacial score (nSPS) is 20.7. The van der Waals surface area contributed by atoms with Gasteiger partial charge in [0.1, 0.15) is 11.5 Å². The molecular weight excluding hydrogens is 533 g/mol. The average Bonchev–Trinajstić information content (AvgIpc) is 3.28. The van der Waals surface area contributed by atoms with Gasteiger partial charge in [-0.3, -0.25) is 19.6 Å². The Morgan fingerprint density at radius 2 is 2.00 bits per heavy atom. The standard InChI is InChI=1S/C30H31F3N6O2/c1-18(12-24-20(3)36-37-27(24)21-10-11-34-19(2)13-21)28(40)35-23-8-9-26(29(41)39-16-30(32,33)17-39)38(15-23)14-22-6-4-5-7-25(22)31/h4-7,10,12-13,23,26H,8-9,14-17H2,1-3H3,(H,35,40)/p+1. The second kappa shape index (κ2) is 11.4. The van der Waals surface area contributed by atoms with E-state index in [0.717, 1.165) is 27.4 Å². The number of rotatable bonds is 7. The number of piperidine rings is 1. The maximum atomic E-state index is 14.5. The van der Waals surface area contributed by atoms with Crippen LogP contribution < -0.4 is 10.3 Å². The fourth-order valence-corrected chi connectivity index (χ4v) is 5.39. The fraction of sp³-hybridized carbons (Fsp3) is 0.400. The molecule has 4 heterocycles. The number of hydrogen-bond donors (Lipinski definition) is 2. The number of hydrogen-bond acceptors (Lipinski definition) is 4. The van der Waals surface area contributed by atoms with E-state index in [2.05, 4.69) is 26.7 Å². The van der Waals surface area contributed by atoms with Gasteiger partial charge in [-0.05, 0) is 43.8 Å². The lowest BCUT2D eigenvalue weighted by molar-refractivity contribution is -0.304. The van der Waals surface area contributed by atoms with Gasteiger partial charge in [-0.2, -0.15) is 5.10 Å². The topological polar surface area (TPSA) is 95.4 Å². The molecule has 0 spiro atoms. The highest BCUT2D eigenvalue weighted by atomic mass is 19.3. The molecule has 2 aromatic heterocycles. The van der Waals surface area contributed by atoms with E-state index in [0.29, 0.717) is 29.7 Å². The Morgan fingerprint density at radius 3 is 2.71 bits per heavy atom. The molecule has 5 rings (SSSR count). The van der Waals surface area contributed by atoms with Crippen molar-refractivity contribution in [3.05, 3.63) is 76.5 Å². The maximum Gasteiger partial charge on any atom is 0.314 e. The molecule has 0 bridgehead atoms. The number of nitrogens with one attached hydrogen (secondary N) is 2. The fourth-order valence-electron chi connectivity index (χ4n) is 5.39. The van der Waals surface area contributed by atoms with E-state index in [1.165, 1.54) is 6.07 Å². The van der Waals surface area contributed by atoms with Crippen molar-refractivity contribution in [3.8, 4) is 11.3 Å². The number of carbonyl (C=O) groups excluding carboxylic acids is 2. The molecule has 41 heavy (non-hydrogen) atoms. The van der Waals surface area contributed by atoms with Crippen LogP contribution in [0, 0.1) is 25.9 Å². The Balaban J connectivity index is 1.31. The van der Waals surface area contributed by atoms with Crippen molar-refractivity contribution in [1.29, 1.82) is 0 Å². The summed E-state index contributed by atoms with van der Waals surface area (Å²) in [6.07, 6.45) is 5.46. The lowest BCUT2D eigenvalue weighted by Crippen LogP contribution is -2.64. The Hall–Kier alpha value is -4.17. The van der Waals surface area contributed by atoms with Crippen molar-refractivity contribution < 1.29 is 27.7 Å². The molecule has 0 aliphatic carbocycles. The van der Waals surface area contributed by atoms with Gasteiger partial charge in [0, 0.05) is 60.1 Å². The molecule has 2 saturated heterocycles. The van der Waals surface area contributed by atoms with Crippen LogP contribution in [0.5, 0.6) is 0 Å². The largest absolute Gasteiger partial charge is 0.348 e. The Bertz CT molecular complexity index is 1480. The predicted octanol–water partition coefficient (Wildman–Crippen LogP) is 3.26. The number of aromatic amines is 1. The van der Waals surface area contributed by atoms with Crippen molar-refractivity contribution in [3.63, 3.8) is 0 Å². The van der Waals surface area contributed by atoms with Gasteiger partial charge in [-0.25, -0.2) is 13.2 Å². The lowest BCUT2D eigenvalue weighted by atomic mass is 9.94. The highest BCUT2D eigenvalue weighted by Gasteiger charge is 2.49. The number of benzene rings is 1. The number of H-pyrrole nitrogens is 1. The van der Waals surface area contributed by atoms with Gasteiger partial charge in [0.25, 0.3) is 5.92 Å². The van der Waals surface area contributed by atoms with Crippen LogP contribution in [0.4, 0.5) is 13.2 Å². The van der Waals surface area contributed by atoms with E-state index in [-0.39, 0.29) is 30.9 Å². The Morgan fingerprint density at radius 1 is 1.24 bits per heavy atom. The second-order valence-corrected chi connectivity index (χ2v) is 10.9. The zero-order valence-electron chi connectivity index (χ0n) is 23.2. The molecule has 8 nitrogen and oxygen atoms in total. The van der Waals surface area contributed by atoms with Crippen LogP contribution in [0.3, 0.4) is 0 Å². The van der Waals surface area contributed by atoms with Crippen molar-refractivity contribution in [1.82, 2.24) is 25.3 Å². The first-order valence-corrected chi connectivity index (χ1v) is 13.5. The van der Waals surface area contributed by atoms with Gasteiger partial charge in [-0.1, -0.05) is 18.2 Å². The molecule has 2 unspecified atom stereocenters. The van der Waals surface area contributed by atoms with Crippen LogP contribution in [0.1, 0.15) is 42.3 Å². The van der Waals surface area contributed by atoms with E-state index in [1.54, 1.807) is 42.2 Å². The number of nitrogens with zero attached hydrogens (tertiary/aromatic N) is 4. The number of aromatic nitrogens is 3. The van der Waals surface area contributed by atoms with Crippen LogP contribution in [0.2, 0.25) is 0 Å². The lowest BCUT2D eigenvalue weighted by Gasteiger charge is -2.45. The van der Waals surface area contributed by atoms with E-state index in [4.69, 9.17) is 0 Å². The van der Waals surface area contributed by atoms with Crippen molar-refractivity contribution >= 4 is 17.9 Å². The highest BCUT2D eigenvalue weighted by molar-refractivity contribution is 5.98. The molecule has 2 aliphatic rings. The third-order valence-electron chi connectivity index (χ3n) is 7.60. The molecule has 0 radical (unpaired) electrons. The van der Waals surface area contributed by atoms with E-state index in [9.17, 15) is 22.8 Å². The van der Waals surface area contributed by atoms with Crippen LogP contribution in [0.25, 0.3) is 17.3 Å². The smallest absolute Gasteiger partial charge is 0.314 e. The summed E-state index contributed by atoms with van der Waals surface area (Å²) in [6.45, 7) is 4.64. The molecule has 11 heteroatoms. The minimum atomic E-state index is -2.87. The summed E-state index contributed by atoms with van der Waals surface area (Å²) in [5, 5.41) is 10.4. The number of halogens is 3. The molecule has 214 valence electrons. The quantitative estimate of drug-likeness (QED) is 0.429. The summed E-state index contributed by atoms with van der Waals surface area (Å²) < 4.78 is 41.4. The minimum absolute atomic E-state index is 0.119. The Kier molecular flexibility index (Phi) is 7.87. The maximum absolute atomic E-state index is 14.5. The number of likely N-dealkylation sites (tertiary alicyclic amines) is 2. The first-order chi connectivity index (χ1) is 19.5. The SMILES string of the molecule is CC(=Cc1c(-c2cc#[n+]c(C)c2)n[nH]c1C)C(=O)NC1CCC(C(=O)N2CC(F)(F)C2)N(Cc2ccccc2F)C1. The first kappa shape index (κ1) is 28.4. The minimum Gasteiger partial charge on any atom is -0.348 e. The zero-order valence-corrected chi connectivity index (χ0v) is 23.2. The molecule has 3 aromatic rings. The van der Waals surface area contributed by atoms with Gasteiger partial charge in [-0.15, -0.1) is 0 Å². The third-order valence-corrected chi connectivity index (χ3v) is 7.60. The summed E-state index contributed by atoms with van der Waals surface area (Å²) in [6, 6.07) is 8.91. The summed E-state index contributed by atoms with van der Waals surface area (Å²) >= 11 is 0. The van der Waals surface area contributed by atoms with E-state index < -0.39 is 30.9 Å². The van der Waals surface area contributed by atoms with E-state index >= 15 is 0 Å². The number of carbonyl (C=O) groups is 2. The summed E-state index contributed by atoms with van der Waals surface area (Å²) in [5.74, 6) is -3.95. The molecule has 2 aliphatic heterocycles. The monoisotopic (exact) mass is 565 g/mol. The molecule has 0 saturated carbocycles. The van der Waals surface area contributed by atoms with Crippen LogP contribution >= 0.6 is 0 Å². The van der Waals surface area contributed by atoms with Crippen molar-refractivity contribution in [2.45, 2.75) is 58.2 Å². The summed E-state index contributed by atoms with van der Waals surface area (Å²) in [5.41, 5.74) is 4.74. The highest BCUT2D eigenvalue weighted by Crippen LogP contribution is 2.31. The van der Waals surface area contributed by atoms with Crippen molar-refractivity contribution in [2.24, 2.45) is 0 Å². The number of alkyl halides is 2. The first-order valence-electron chi connectivity index (χ1n) is 13.5. The third kappa shape index (κ3) is 6.28. The van der Waals surface area contributed by atoms with E-state index in [1.807, 2.05) is 19.9 Å². The predicted molar refractivity (Wildman–Crippen MR) is 145 cm³/mol. The van der Waals surface area contributed by atoms with Gasteiger partial charge >= 0.3 is 11.9 Å². The van der Waals surface area contributed by atoms with Gasteiger partial charge in [0.05, 0.1) is 25.2 Å². The van der Waals surface area contributed by atoms with Crippen LogP contribution in [-0.2, 0) is 16.1 Å². The van der Waals surface area contributed by atoms with Gasteiger partial charge in [0.15, 0.2) is 0 Å². The number of aryl methyl sites for hydroxylation is 2. The van der Waals surface area contributed by atoms with Gasteiger partial charge < -0.3 is 10.2 Å². The molecular formula is C30H32F3N6O2+. The molecule has 1 aromatic carbocycles. The summed E-state index contributed by atoms with van der Waals surface area (Å²) in [7, 11) is 0. The summed E-state index contributed by atoms with van der Waals surface area (Å²) in [4.78, 5) is 33.4. The number of amides is 2. The average molecular weight is 566 g/mol. The molecule has 2 atom stereocenters. The van der Waals surface area contributed by atoms with Crippen LogP contribution in [0.15, 0.2) is 42.0 Å². The Labute approximate surface area is 236 Å². The molecule has 2 amide bonds. The second-order valence-electron chi connectivity index (χ2n) is 10.9. The molecule has 2 N–H and O–H groups in total. The van der Waals surface area contributed by atoms with Gasteiger partial charge in [0.2, 0.25) is 11.8 Å². The van der Waals surface area contributed by atoms with Crippen LogP contribution in [-0.4, -0.2) is 69.5 Å². The molecule has 2 fully saturated rings. The zero-order chi connectivity index (χ0) is 29.3. The van der Waals surface area contributed by atoms with Crippen molar-refractivity contribution in [2.75, 3.05) is 19.6 Å².